The van der Waals surface area contributed by atoms with Gasteiger partial charge in [-0.05, 0) is 0 Å². The molecule has 0 N–H and O–H groups in total. The number of hydrogen-bond acceptors (Lipinski definition) is 6. The predicted octanol–water partition coefficient (Wildman–Crippen LogP) is 6.66. The van der Waals surface area contributed by atoms with E-state index in [0.29, 0.717) is 0 Å². The Morgan fingerprint density at radius 2 is 0.371 bits per heavy atom. The fourth-order valence-electron chi connectivity index (χ4n) is 7.68. The Balaban J connectivity index is 0.000000174. The van der Waals surface area contributed by atoms with Gasteiger partial charge in [-0.15, -0.1) is 0 Å². The summed E-state index contributed by atoms with van der Waals surface area (Å²) in [6.45, 7) is 0. The van der Waals surface area contributed by atoms with Crippen molar-refractivity contribution in [3.05, 3.63) is 243 Å². The molecule has 8 aromatic carbocycles. The molecule has 0 heterocycles. The molecule has 0 aromatic heterocycles. The van der Waals surface area contributed by atoms with E-state index in [1.807, 2.05) is 0 Å². The second-order valence-electron chi connectivity index (χ2n) is 15.1. The molecule has 6 nitrogen and oxygen atoms in total. The van der Waals surface area contributed by atoms with Gasteiger partial charge < -0.3 is 9.11 Å². The normalized spacial score (nSPS) is 12.7. The van der Waals surface area contributed by atoms with E-state index in [9.17, 15) is 61.1 Å². The summed E-state index contributed by atoms with van der Waals surface area (Å²) in [6.07, 6.45) is 0. The van der Waals surface area contributed by atoms with Crippen molar-refractivity contribution in [3.8, 4) is 0 Å². The van der Waals surface area contributed by atoms with Gasteiger partial charge in [0.25, 0.3) is 0 Å². The zero-order valence-electron chi connectivity index (χ0n) is 36.3. The first-order valence-electron chi connectivity index (χ1n) is 20.7. The van der Waals surface area contributed by atoms with Gasteiger partial charge in [-0.3, -0.25) is 0 Å². The molecule has 0 unspecified atom stereocenters. The molecule has 0 amide bonds. The number of alkyl halides is 8. The summed E-state index contributed by atoms with van der Waals surface area (Å²) < 4.78 is 170. The third-order valence-corrected chi connectivity index (χ3v) is 37.2. The maximum absolute atomic E-state index is 12.5. The van der Waals surface area contributed by atoms with Crippen LogP contribution in [0.4, 0.5) is 35.1 Å². The summed E-state index contributed by atoms with van der Waals surface area (Å²) in [5, 5.41) is -14.6. The molecule has 362 valence electrons. The topological polar surface area (TPSA) is 114 Å². The molecule has 0 radical (unpaired) electrons. The fourth-order valence-corrected chi connectivity index (χ4v) is 32.9. The van der Waals surface area contributed by atoms with E-state index >= 15 is 0 Å². The summed E-state index contributed by atoms with van der Waals surface area (Å²) in [5.74, 6) is -15.4. The van der Waals surface area contributed by atoms with Crippen molar-refractivity contribution in [1.29, 1.82) is 0 Å². The van der Waals surface area contributed by atoms with Gasteiger partial charge in [-0.25, -0.2) is 16.8 Å². The van der Waals surface area contributed by atoms with Gasteiger partial charge >= 0.3 is 331 Å². The quantitative estimate of drug-likeness (QED) is 0.0726. The molecule has 0 aliphatic carbocycles. The van der Waals surface area contributed by atoms with Gasteiger partial charge in [0.15, 0.2) is 20.2 Å². The van der Waals surface area contributed by atoms with E-state index in [1.165, 1.54) is 28.1 Å². The van der Waals surface area contributed by atoms with Crippen molar-refractivity contribution < 1.29 is 61.1 Å². The van der Waals surface area contributed by atoms with Gasteiger partial charge in [-0.1, -0.05) is 0 Å². The van der Waals surface area contributed by atoms with Gasteiger partial charge in [0.1, 0.15) is 0 Å². The van der Waals surface area contributed by atoms with E-state index in [4.69, 9.17) is 0 Å². The molecule has 0 bridgehead atoms. The summed E-state index contributed by atoms with van der Waals surface area (Å²) in [4.78, 5) is 0. The minimum absolute atomic E-state index is 1.48. The average molecular weight is 1220 g/mol. The molecule has 0 spiro atoms. The summed E-state index contributed by atoms with van der Waals surface area (Å²) in [7, 11) is -15.2. The molecule has 8 aromatic rings. The van der Waals surface area contributed by atoms with Crippen molar-refractivity contribution in [3.63, 3.8) is 0 Å². The minimum atomic E-state index is -7.68. The van der Waals surface area contributed by atoms with Gasteiger partial charge in [0, 0.05) is 0 Å². The second-order valence-corrected chi connectivity index (χ2v) is 37.4. The van der Waals surface area contributed by atoms with Crippen molar-refractivity contribution >= 4 is 85.9 Å². The summed E-state index contributed by atoms with van der Waals surface area (Å²) in [6, 6.07) is 88.8. The molecule has 0 atom stereocenters. The standard InChI is InChI=1S/8C6H5.C4H2F8O6S2.2Sb/c8*1-2-4-6-5-3-1;5-1(6,3(9,10)19(13,14)15)2(7,8)4(11,12)20(16,17)18;;/h8*1-5H;(H,13,14,15)(H,16,17,18);;/q;;;;;;;;;2*+1/p-2. The molecule has 0 fully saturated rings. The van der Waals surface area contributed by atoms with Crippen LogP contribution in [-0.4, -0.2) is 85.9 Å². The van der Waals surface area contributed by atoms with Crippen LogP contribution in [0.1, 0.15) is 0 Å². The van der Waals surface area contributed by atoms with E-state index in [0.717, 1.165) is 0 Å². The molecule has 0 saturated carbocycles. The Morgan fingerprint density at radius 1 is 0.257 bits per heavy atom. The van der Waals surface area contributed by atoms with Crippen molar-refractivity contribution in [1.82, 2.24) is 0 Å². The van der Waals surface area contributed by atoms with Crippen LogP contribution in [0.2, 0.25) is 0 Å². The molecule has 8 rings (SSSR count). The van der Waals surface area contributed by atoms with Crippen LogP contribution in [0.15, 0.2) is 243 Å². The third kappa shape index (κ3) is 10.4. The molecule has 18 heteroatoms. The Bertz CT molecular complexity index is 2600. The van der Waals surface area contributed by atoms with Crippen molar-refractivity contribution in [2.75, 3.05) is 0 Å². The molecule has 0 aliphatic heterocycles. The van der Waals surface area contributed by atoms with Crippen LogP contribution in [0.5, 0.6) is 0 Å². The third-order valence-electron chi connectivity index (χ3n) is 10.9. The van der Waals surface area contributed by atoms with Crippen molar-refractivity contribution in [2.45, 2.75) is 22.4 Å². The first-order valence-corrected chi connectivity index (χ1v) is 33.8. The first-order chi connectivity index (χ1) is 33.1. The van der Waals surface area contributed by atoms with Crippen LogP contribution in [0.25, 0.3) is 0 Å². The zero-order chi connectivity index (χ0) is 50.9. The van der Waals surface area contributed by atoms with Crippen LogP contribution in [0.3, 0.4) is 0 Å². The number of rotatable bonds is 13. The maximum atomic E-state index is 12.5. The Kier molecular flexibility index (Phi) is 16.9. The Labute approximate surface area is 408 Å². The van der Waals surface area contributed by atoms with Crippen molar-refractivity contribution in [2.24, 2.45) is 0 Å². The fraction of sp³-hybridized carbons (Fsp3) is 0.0769. The molecule has 70 heavy (non-hydrogen) atoms. The molecular formula is C52H40F8O6S2Sb2. The number of hydrogen-bond donors (Lipinski definition) is 0. The molecule has 0 saturated heterocycles. The summed E-state index contributed by atoms with van der Waals surface area (Å²) in [5.41, 5.74) is 0. The van der Waals surface area contributed by atoms with E-state index in [-0.39, 0.29) is 0 Å². The van der Waals surface area contributed by atoms with E-state index < -0.39 is 80.2 Å². The van der Waals surface area contributed by atoms with Gasteiger partial charge in [-0.2, -0.15) is 35.1 Å². The number of benzene rings is 8. The van der Waals surface area contributed by atoms with Gasteiger partial charge in [0.05, 0.1) is 0 Å². The molecule has 0 aliphatic rings. The number of halogens is 8. The van der Waals surface area contributed by atoms with E-state index in [2.05, 4.69) is 243 Å². The monoisotopic (exact) mass is 1220 g/mol. The van der Waals surface area contributed by atoms with Crippen LogP contribution >= 0.6 is 0 Å². The SMILES string of the molecule is O=S(=O)([O-])C(F)(F)C(F)(F)C(F)(F)C(F)(F)S(=O)(=O)[O-].c1cc[c]([Sb+]([c]2ccccc2)([c]2ccccc2)[c]2ccccc2)cc1.c1cc[c]([Sb+]([c]2ccccc2)([c]2ccccc2)[c]2ccccc2)cc1. The zero-order valence-corrected chi connectivity index (χ0v) is 43.0. The van der Waals surface area contributed by atoms with E-state index in [1.54, 1.807) is 0 Å². The average Bonchev–Trinajstić information content (AvgIpc) is 3.37. The summed E-state index contributed by atoms with van der Waals surface area (Å²) >= 11 is -6.33. The Morgan fingerprint density at radius 3 is 0.471 bits per heavy atom. The first kappa shape index (κ1) is 54.0. The van der Waals surface area contributed by atoms with Crippen LogP contribution in [0, 0.1) is 0 Å². The predicted molar refractivity (Wildman–Crippen MR) is 259 cm³/mol. The van der Waals surface area contributed by atoms with Crippen LogP contribution < -0.4 is 28.1 Å². The molecular weight excluding hydrogens is 1180 g/mol. The van der Waals surface area contributed by atoms with Gasteiger partial charge in [0.2, 0.25) is 0 Å². The second kappa shape index (κ2) is 22.0. The van der Waals surface area contributed by atoms with Crippen LogP contribution in [-0.2, 0) is 20.2 Å². The Hall–Kier alpha value is -5.34.